The zero-order valence-corrected chi connectivity index (χ0v) is 10.6. The number of hydrogen-bond donors (Lipinski definition) is 2. The topological polar surface area (TPSA) is 75.6 Å². The van der Waals surface area contributed by atoms with Gasteiger partial charge in [-0.25, -0.2) is 4.79 Å². The molecule has 17 heavy (non-hydrogen) atoms. The molecule has 5 nitrogen and oxygen atoms in total. The fourth-order valence-electron chi connectivity index (χ4n) is 1.35. The van der Waals surface area contributed by atoms with E-state index in [9.17, 15) is 9.59 Å². The third-order valence-corrected chi connectivity index (χ3v) is 3.01. The maximum Gasteiger partial charge on any atom is 0.329 e. The normalized spacial score (nSPS) is 10.2. The molecule has 0 aromatic carbocycles. The summed E-state index contributed by atoms with van der Waals surface area (Å²) < 4.78 is 4.81. The summed E-state index contributed by atoms with van der Waals surface area (Å²) in [6, 6.07) is 1.84. The number of rotatable bonds is 6. The molecule has 0 saturated heterocycles. The molecular weight excluding hydrogens is 242 g/mol. The second kappa shape index (κ2) is 6.36. The van der Waals surface area contributed by atoms with Crippen LogP contribution >= 0.6 is 11.3 Å². The summed E-state index contributed by atoms with van der Waals surface area (Å²) in [6.07, 6.45) is 0. The van der Waals surface area contributed by atoms with Crippen molar-refractivity contribution in [3.05, 3.63) is 21.4 Å². The number of carbonyl (C=O) groups is 2. The average Bonchev–Trinajstić information content (AvgIpc) is 2.56. The Morgan fingerprint density at radius 1 is 1.47 bits per heavy atom. The zero-order valence-electron chi connectivity index (χ0n) is 9.78. The van der Waals surface area contributed by atoms with Crippen LogP contribution in [0.15, 0.2) is 6.07 Å². The van der Waals surface area contributed by atoms with Crippen molar-refractivity contribution in [2.45, 2.75) is 13.8 Å². The molecule has 1 heterocycles. The Labute approximate surface area is 103 Å². The van der Waals surface area contributed by atoms with Crippen LogP contribution in [-0.2, 0) is 9.53 Å². The number of ether oxygens (including phenoxy) is 1. The minimum atomic E-state index is -1.01. The standard InChI is InChI=1S/C11H15NO4S/c1-7-5-9(8(2)17-7)11(15)12-3-4-16-6-10(13)14/h5H,3-4,6H2,1-2H3,(H,12,15)(H,13,14). The first-order chi connectivity index (χ1) is 8.00. The highest BCUT2D eigenvalue weighted by Crippen LogP contribution is 2.20. The zero-order chi connectivity index (χ0) is 12.8. The third-order valence-electron chi connectivity index (χ3n) is 2.04. The molecule has 2 N–H and O–H groups in total. The molecule has 0 aliphatic heterocycles. The van der Waals surface area contributed by atoms with Crippen molar-refractivity contribution >= 4 is 23.2 Å². The van der Waals surface area contributed by atoms with Crippen molar-refractivity contribution in [2.75, 3.05) is 19.8 Å². The first-order valence-corrected chi connectivity index (χ1v) is 5.97. The molecule has 0 aliphatic rings. The summed E-state index contributed by atoms with van der Waals surface area (Å²) in [5.41, 5.74) is 0.672. The second-order valence-corrected chi connectivity index (χ2v) is 4.99. The van der Waals surface area contributed by atoms with Crippen LogP contribution in [0.25, 0.3) is 0 Å². The monoisotopic (exact) mass is 257 g/mol. The second-order valence-electron chi connectivity index (χ2n) is 3.53. The lowest BCUT2D eigenvalue weighted by atomic mass is 10.2. The van der Waals surface area contributed by atoms with E-state index in [0.717, 1.165) is 9.75 Å². The molecule has 0 atom stereocenters. The number of thiophene rings is 1. The van der Waals surface area contributed by atoms with Crippen LogP contribution in [0.5, 0.6) is 0 Å². The van der Waals surface area contributed by atoms with Gasteiger partial charge in [0.1, 0.15) is 6.61 Å². The fourth-order valence-corrected chi connectivity index (χ4v) is 2.27. The molecular formula is C11H15NO4S. The molecule has 1 aromatic rings. The lowest BCUT2D eigenvalue weighted by Gasteiger charge is -2.04. The van der Waals surface area contributed by atoms with Gasteiger partial charge in [-0.1, -0.05) is 0 Å². The Morgan fingerprint density at radius 3 is 2.71 bits per heavy atom. The molecule has 1 rings (SSSR count). The van der Waals surface area contributed by atoms with Crippen molar-refractivity contribution in [3.63, 3.8) is 0 Å². The average molecular weight is 257 g/mol. The van der Waals surface area contributed by atoms with E-state index in [1.165, 1.54) is 0 Å². The van der Waals surface area contributed by atoms with Gasteiger partial charge < -0.3 is 15.2 Å². The number of hydrogen-bond acceptors (Lipinski definition) is 4. The predicted octanol–water partition coefficient (Wildman–Crippen LogP) is 1.20. The van der Waals surface area contributed by atoms with Gasteiger partial charge in [-0.15, -0.1) is 11.3 Å². The Bertz CT molecular complexity index is 414. The lowest BCUT2D eigenvalue weighted by Crippen LogP contribution is -2.28. The third kappa shape index (κ3) is 4.54. The summed E-state index contributed by atoms with van der Waals surface area (Å²) >= 11 is 1.58. The van der Waals surface area contributed by atoms with E-state index in [-0.39, 0.29) is 19.1 Å². The highest BCUT2D eigenvalue weighted by molar-refractivity contribution is 7.12. The van der Waals surface area contributed by atoms with Crippen LogP contribution in [0.2, 0.25) is 0 Å². The van der Waals surface area contributed by atoms with Gasteiger partial charge in [-0.3, -0.25) is 4.79 Å². The molecule has 1 aromatic heterocycles. The molecule has 1 amide bonds. The largest absolute Gasteiger partial charge is 0.480 e. The SMILES string of the molecule is Cc1cc(C(=O)NCCOCC(=O)O)c(C)s1. The van der Waals surface area contributed by atoms with Gasteiger partial charge in [-0.2, -0.15) is 0 Å². The summed E-state index contributed by atoms with van der Waals surface area (Å²) in [5, 5.41) is 11.0. The van der Waals surface area contributed by atoms with Gasteiger partial charge in [0, 0.05) is 16.3 Å². The molecule has 0 unspecified atom stereocenters. The molecule has 0 saturated carbocycles. The van der Waals surface area contributed by atoms with Gasteiger partial charge in [0.05, 0.1) is 12.2 Å². The van der Waals surface area contributed by atoms with Crippen molar-refractivity contribution in [2.24, 2.45) is 0 Å². The lowest BCUT2D eigenvalue weighted by molar-refractivity contribution is -0.142. The van der Waals surface area contributed by atoms with E-state index >= 15 is 0 Å². The summed E-state index contributed by atoms with van der Waals surface area (Å²) in [4.78, 5) is 23.9. The van der Waals surface area contributed by atoms with E-state index in [4.69, 9.17) is 9.84 Å². The van der Waals surface area contributed by atoms with E-state index in [1.807, 2.05) is 19.9 Å². The number of aryl methyl sites for hydroxylation is 2. The minimum absolute atomic E-state index is 0.147. The van der Waals surface area contributed by atoms with Crippen molar-refractivity contribution < 1.29 is 19.4 Å². The molecule has 94 valence electrons. The molecule has 0 fully saturated rings. The number of carboxylic acids is 1. The summed E-state index contributed by atoms with van der Waals surface area (Å²) in [7, 11) is 0. The maximum atomic E-state index is 11.7. The van der Waals surface area contributed by atoms with Gasteiger partial charge >= 0.3 is 5.97 Å². The molecule has 6 heteroatoms. The van der Waals surface area contributed by atoms with Crippen molar-refractivity contribution in [1.82, 2.24) is 5.32 Å². The Morgan fingerprint density at radius 2 is 2.18 bits per heavy atom. The predicted molar refractivity (Wildman–Crippen MR) is 64.6 cm³/mol. The van der Waals surface area contributed by atoms with Crippen LogP contribution in [0.4, 0.5) is 0 Å². The van der Waals surface area contributed by atoms with Crippen LogP contribution in [-0.4, -0.2) is 36.7 Å². The van der Waals surface area contributed by atoms with Gasteiger partial charge in [0.25, 0.3) is 5.91 Å². The molecule has 0 radical (unpaired) electrons. The first kappa shape index (κ1) is 13.7. The van der Waals surface area contributed by atoms with Gasteiger partial charge in [0.15, 0.2) is 0 Å². The Kier molecular flexibility index (Phi) is 5.11. The number of aliphatic carboxylic acids is 1. The summed E-state index contributed by atoms with van der Waals surface area (Å²) in [6.45, 7) is 4.00. The molecule has 0 aliphatic carbocycles. The van der Waals surface area contributed by atoms with E-state index in [1.54, 1.807) is 11.3 Å². The number of nitrogens with one attached hydrogen (secondary N) is 1. The van der Waals surface area contributed by atoms with Crippen LogP contribution in [0.1, 0.15) is 20.1 Å². The van der Waals surface area contributed by atoms with Crippen LogP contribution in [0.3, 0.4) is 0 Å². The van der Waals surface area contributed by atoms with Crippen LogP contribution < -0.4 is 5.32 Å². The highest BCUT2D eigenvalue weighted by Gasteiger charge is 2.10. The van der Waals surface area contributed by atoms with E-state index in [0.29, 0.717) is 12.1 Å². The minimum Gasteiger partial charge on any atom is -0.480 e. The molecule has 0 spiro atoms. The number of amides is 1. The van der Waals surface area contributed by atoms with Crippen molar-refractivity contribution in [1.29, 1.82) is 0 Å². The van der Waals surface area contributed by atoms with E-state index < -0.39 is 5.97 Å². The maximum absolute atomic E-state index is 11.7. The fraction of sp³-hybridized carbons (Fsp3) is 0.455. The highest BCUT2D eigenvalue weighted by atomic mass is 32.1. The Balaban J connectivity index is 2.30. The quantitative estimate of drug-likeness (QED) is 0.751. The first-order valence-electron chi connectivity index (χ1n) is 5.15. The van der Waals surface area contributed by atoms with Crippen molar-refractivity contribution in [3.8, 4) is 0 Å². The number of carbonyl (C=O) groups excluding carboxylic acids is 1. The van der Waals surface area contributed by atoms with E-state index in [2.05, 4.69) is 5.32 Å². The van der Waals surface area contributed by atoms with Gasteiger partial charge in [-0.05, 0) is 19.9 Å². The summed E-state index contributed by atoms with van der Waals surface area (Å²) in [5.74, 6) is -1.16. The van der Waals surface area contributed by atoms with Crippen LogP contribution in [0, 0.1) is 13.8 Å². The van der Waals surface area contributed by atoms with Gasteiger partial charge in [0.2, 0.25) is 0 Å². The molecule has 0 bridgehead atoms. The Hall–Kier alpha value is -1.40. The smallest absolute Gasteiger partial charge is 0.329 e. The number of carboxylic acid groups (broad SMARTS) is 1.